The van der Waals surface area contributed by atoms with Gasteiger partial charge in [-0.25, -0.2) is 9.97 Å². The molecule has 0 bridgehead atoms. The lowest BCUT2D eigenvalue weighted by molar-refractivity contribution is 0.286. The number of benzene rings is 2. The summed E-state index contributed by atoms with van der Waals surface area (Å²) in [4.78, 5) is 26.5. The lowest BCUT2D eigenvalue weighted by Gasteiger charge is -2.14. The van der Waals surface area contributed by atoms with Crippen LogP contribution in [0.25, 0.3) is 0 Å². The van der Waals surface area contributed by atoms with Gasteiger partial charge in [0.15, 0.2) is 5.16 Å². The Balaban J connectivity index is 1.61. The molecule has 4 aromatic rings. The minimum Gasteiger partial charge on any atom is -0.497 e. The van der Waals surface area contributed by atoms with Crippen LogP contribution in [0, 0.1) is 18.3 Å². The molecule has 188 valence electrons. The highest BCUT2D eigenvalue weighted by Gasteiger charge is 2.16. The van der Waals surface area contributed by atoms with Gasteiger partial charge in [-0.15, -0.1) is 0 Å². The van der Waals surface area contributed by atoms with E-state index in [2.05, 4.69) is 15.0 Å². The normalized spacial score (nSPS) is 10.6. The molecule has 0 atom stereocenters. The van der Waals surface area contributed by atoms with Crippen LogP contribution in [0.2, 0.25) is 5.02 Å². The van der Waals surface area contributed by atoms with E-state index >= 15 is 0 Å². The Morgan fingerprint density at radius 3 is 2.62 bits per heavy atom. The first-order valence-corrected chi connectivity index (χ1v) is 12.6. The minimum atomic E-state index is -0.416. The molecule has 37 heavy (non-hydrogen) atoms. The van der Waals surface area contributed by atoms with Crippen LogP contribution in [-0.2, 0) is 13.2 Å². The van der Waals surface area contributed by atoms with E-state index in [0.29, 0.717) is 32.9 Å². The van der Waals surface area contributed by atoms with Crippen molar-refractivity contribution in [2.75, 3.05) is 13.4 Å². The smallest absolute Gasteiger partial charge is 0.296 e. The van der Waals surface area contributed by atoms with Crippen LogP contribution in [0.4, 0.5) is 0 Å². The summed E-state index contributed by atoms with van der Waals surface area (Å²) >= 11 is 7.46. The number of halogens is 1. The third-order valence-electron chi connectivity index (χ3n) is 5.26. The van der Waals surface area contributed by atoms with Gasteiger partial charge in [-0.05, 0) is 49.1 Å². The summed E-state index contributed by atoms with van der Waals surface area (Å²) in [6.45, 7) is 2.04. The van der Waals surface area contributed by atoms with Crippen molar-refractivity contribution >= 4 is 23.4 Å². The largest absolute Gasteiger partial charge is 0.497 e. The molecule has 0 saturated heterocycles. The van der Waals surface area contributed by atoms with Crippen molar-refractivity contribution in [3.8, 4) is 29.2 Å². The summed E-state index contributed by atoms with van der Waals surface area (Å²) in [7, 11) is 1.61. The Kier molecular flexibility index (Phi) is 8.28. The molecule has 0 aliphatic rings. The summed E-state index contributed by atoms with van der Waals surface area (Å²) in [5.74, 6) is 1.40. The summed E-state index contributed by atoms with van der Waals surface area (Å²) in [6, 6.07) is 14.1. The number of hydrogen-bond donors (Lipinski definition) is 0. The van der Waals surface area contributed by atoms with Crippen molar-refractivity contribution in [3.63, 3.8) is 0 Å². The van der Waals surface area contributed by atoms with Crippen LogP contribution in [0.1, 0.15) is 22.4 Å². The molecule has 4 rings (SSSR count). The first-order chi connectivity index (χ1) is 17.9. The van der Waals surface area contributed by atoms with E-state index in [4.69, 9.17) is 25.8 Å². The Labute approximate surface area is 222 Å². The molecule has 0 N–H and O–H groups in total. The van der Waals surface area contributed by atoms with Gasteiger partial charge in [-0.2, -0.15) is 10.2 Å². The topological polar surface area (TPSA) is 112 Å². The SMILES string of the molecule is COc1ccc(COc2nc(SC)ncc2Cn2cnc(C)c(Oc3cc(Cl)cc(C#N)c3)c2=O)cc1. The van der Waals surface area contributed by atoms with Crippen molar-refractivity contribution in [2.24, 2.45) is 0 Å². The molecule has 0 saturated carbocycles. The Morgan fingerprint density at radius 1 is 1.14 bits per heavy atom. The van der Waals surface area contributed by atoms with Gasteiger partial charge >= 0.3 is 0 Å². The minimum absolute atomic E-state index is 0.0241. The summed E-state index contributed by atoms with van der Waals surface area (Å²) in [6.07, 6.45) is 4.93. The van der Waals surface area contributed by atoms with E-state index < -0.39 is 5.56 Å². The van der Waals surface area contributed by atoms with Crippen molar-refractivity contribution < 1.29 is 14.2 Å². The maximum absolute atomic E-state index is 13.3. The first kappa shape index (κ1) is 26.0. The Bertz CT molecular complexity index is 1520. The third kappa shape index (κ3) is 6.39. The van der Waals surface area contributed by atoms with Crippen LogP contribution in [0.5, 0.6) is 23.1 Å². The number of nitrogens with zero attached hydrogens (tertiary/aromatic N) is 5. The van der Waals surface area contributed by atoms with Crippen molar-refractivity contribution in [1.29, 1.82) is 5.26 Å². The maximum atomic E-state index is 13.3. The number of aromatic nitrogens is 4. The molecule has 11 heteroatoms. The quantitative estimate of drug-likeness (QED) is 0.215. The van der Waals surface area contributed by atoms with Crippen LogP contribution < -0.4 is 19.8 Å². The highest BCUT2D eigenvalue weighted by atomic mass is 35.5. The molecule has 0 fully saturated rings. The molecule has 2 aromatic heterocycles. The van der Waals surface area contributed by atoms with E-state index in [1.165, 1.54) is 40.9 Å². The monoisotopic (exact) mass is 535 g/mol. The second kappa shape index (κ2) is 11.8. The Hall–Kier alpha value is -4.07. The van der Waals surface area contributed by atoms with E-state index in [-0.39, 0.29) is 24.7 Å². The summed E-state index contributed by atoms with van der Waals surface area (Å²) < 4.78 is 18.4. The second-order valence-electron chi connectivity index (χ2n) is 7.81. The molecular weight excluding hydrogens is 514 g/mol. The van der Waals surface area contributed by atoms with Crippen molar-refractivity contribution in [3.05, 3.63) is 92.7 Å². The van der Waals surface area contributed by atoms with Gasteiger partial charge in [0.05, 0.1) is 42.9 Å². The molecular formula is C26H22ClN5O4S. The zero-order chi connectivity index (χ0) is 26.4. The van der Waals surface area contributed by atoms with Crippen molar-refractivity contribution in [1.82, 2.24) is 19.5 Å². The predicted molar refractivity (Wildman–Crippen MR) is 140 cm³/mol. The summed E-state index contributed by atoms with van der Waals surface area (Å²) in [5.41, 5.74) is 1.82. The number of thioether (sulfide) groups is 1. The first-order valence-electron chi connectivity index (χ1n) is 11.0. The Morgan fingerprint density at radius 2 is 1.92 bits per heavy atom. The number of nitriles is 1. The van der Waals surface area contributed by atoms with Crippen LogP contribution in [0.3, 0.4) is 0 Å². The second-order valence-corrected chi connectivity index (χ2v) is 9.02. The summed E-state index contributed by atoms with van der Waals surface area (Å²) in [5, 5.41) is 10.1. The molecule has 0 radical (unpaired) electrons. The fourth-order valence-electron chi connectivity index (χ4n) is 3.35. The fourth-order valence-corrected chi connectivity index (χ4v) is 3.91. The molecule has 2 aromatic carbocycles. The van der Waals surface area contributed by atoms with E-state index in [1.807, 2.05) is 36.6 Å². The van der Waals surface area contributed by atoms with Gasteiger partial charge in [0.2, 0.25) is 11.6 Å². The van der Waals surface area contributed by atoms with E-state index in [0.717, 1.165) is 11.3 Å². The van der Waals surface area contributed by atoms with Gasteiger partial charge in [0.25, 0.3) is 5.56 Å². The molecule has 0 amide bonds. The zero-order valence-corrected chi connectivity index (χ0v) is 21.8. The fraction of sp³-hybridized carbons (Fsp3) is 0.192. The highest BCUT2D eigenvalue weighted by Crippen LogP contribution is 2.26. The zero-order valence-electron chi connectivity index (χ0n) is 20.3. The van der Waals surface area contributed by atoms with Crippen LogP contribution in [-0.4, -0.2) is 32.9 Å². The third-order valence-corrected chi connectivity index (χ3v) is 6.04. The van der Waals surface area contributed by atoms with Gasteiger partial charge in [-0.1, -0.05) is 35.5 Å². The number of hydrogen-bond acceptors (Lipinski definition) is 9. The van der Waals surface area contributed by atoms with Gasteiger partial charge < -0.3 is 14.2 Å². The maximum Gasteiger partial charge on any atom is 0.296 e. The van der Waals surface area contributed by atoms with Crippen LogP contribution in [0.15, 0.2) is 64.9 Å². The standard InChI is InChI=1S/C26H22ClN5O4S/c1-16-23(36-22-9-18(11-28)8-20(27)10-22)25(33)32(15-30-16)13-19-12-29-26(37-3)31-24(19)35-14-17-4-6-21(34-2)7-5-17/h4-10,12,15H,13-14H2,1-3H3. The number of methoxy groups -OCH3 is 1. The van der Waals surface area contributed by atoms with Gasteiger partial charge in [0, 0.05) is 11.2 Å². The molecule has 0 spiro atoms. The number of aryl methyl sites for hydroxylation is 1. The molecule has 0 unspecified atom stereocenters. The molecule has 0 aliphatic carbocycles. The van der Waals surface area contributed by atoms with Crippen molar-refractivity contribution in [2.45, 2.75) is 25.2 Å². The molecule has 0 aliphatic heterocycles. The average molecular weight is 536 g/mol. The van der Waals surface area contributed by atoms with Gasteiger partial charge in [0.1, 0.15) is 18.1 Å². The van der Waals surface area contributed by atoms with Crippen LogP contribution >= 0.6 is 23.4 Å². The number of rotatable bonds is 9. The molecule has 2 heterocycles. The average Bonchev–Trinajstić information content (AvgIpc) is 2.91. The van der Waals surface area contributed by atoms with E-state index in [9.17, 15) is 10.1 Å². The number of ether oxygens (including phenoxy) is 3. The van der Waals surface area contributed by atoms with E-state index in [1.54, 1.807) is 20.2 Å². The lowest BCUT2D eigenvalue weighted by Crippen LogP contribution is -2.24. The van der Waals surface area contributed by atoms with Gasteiger partial charge in [-0.3, -0.25) is 9.36 Å². The predicted octanol–water partition coefficient (Wildman–Crippen LogP) is 5.02. The molecule has 9 nitrogen and oxygen atoms in total. The lowest BCUT2D eigenvalue weighted by atomic mass is 10.2. The highest BCUT2D eigenvalue weighted by molar-refractivity contribution is 7.98.